The van der Waals surface area contributed by atoms with Crippen molar-refractivity contribution in [1.29, 1.82) is 0 Å². The molecule has 70 valence electrons. The van der Waals surface area contributed by atoms with Crippen LogP contribution in [0, 0.1) is 0 Å². The summed E-state index contributed by atoms with van der Waals surface area (Å²) >= 11 is 0. The maximum Gasteiger partial charge on any atom is 0.278 e. The molecule has 0 aromatic carbocycles. The molecule has 6 nitrogen and oxygen atoms in total. The molecule has 0 atom stereocenters. The Balaban J connectivity index is 2.44. The smallest absolute Gasteiger partial charge is 0.278 e. The van der Waals surface area contributed by atoms with E-state index in [0.717, 1.165) is 0 Å². The average molecular weight is 190 g/mol. The molecule has 0 amide bonds. The van der Waals surface area contributed by atoms with Gasteiger partial charge in [0.25, 0.3) is 11.4 Å². The van der Waals surface area contributed by atoms with E-state index in [9.17, 15) is 4.79 Å². The van der Waals surface area contributed by atoms with Crippen molar-refractivity contribution in [3.8, 4) is 11.6 Å². The van der Waals surface area contributed by atoms with Crippen LogP contribution >= 0.6 is 0 Å². The molecule has 0 saturated carbocycles. The zero-order chi connectivity index (χ0) is 9.97. The lowest BCUT2D eigenvalue weighted by Crippen LogP contribution is -2.05. The van der Waals surface area contributed by atoms with Crippen LogP contribution in [0.5, 0.6) is 0 Å². The quantitative estimate of drug-likeness (QED) is 0.743. The van der Waals surface area contributed by atoms with Crippen LogP contribution in [0.15, 0.2) is 28.0 Å². The molecule has 14 heavy (non-hydrogen) atoms. The Morgan fingerprint density at radius 2 is 2.36 bits per heavy atom. The van der Waals surface area contributed by atoms with Crippen molar-refractivity contribution >= 4 is 6.08 Å². The fraction of sp³-hybridized carbons (Fsp3) is 0. The highest BCUT2D eigenvalue weighted by Gasteiger charge is 2.07. The van der Waals surface area contributed by atoms with Crippen LogP contribution in [0.25, 0.3) is 17.7 Å². The molecule has 0 radical (unpaired) electrons. The largest absolute Gasteiger partial charge is 0.332 e. The van der Waals surface area contributed by atoms with Gasteiger partial charge < -0.3 is 4.52 Å². The van der Waals surface area contributed by atoms with Crippen molar-refractivity contribution in [1.82, 2.24) is 20.3 Å². The first-order valence-corrected chi connectivity index (χ1v) is 3.82. The van der Waals surface area contributed by atoms with Crippen molar-refractivity contribution < 1.29 is 4.52 Å². The number of H-pyrrole nitrogens is 1. The molecule has 2 aromatic heterocycles. The number of hydrogen-bond donors (Lipinski definition) is 1. The fourth-order valence-corrected chi connectivity index (χ4v) is 0.885. The molecule has 0 aliphatic rings. The van der Waals surface area contributed by atoms with E-state index in [4.69, 9.17) is 4.52 Å². The number of rotatable bonds is 2. The van der Waals surface area contributed by atoms with Gasteiger partial charge in [0, 0.05) is 6.07 Å². The van der Waals surface area contributed by atoms with Crippen LogP contribution in [0.1, 0.15) is 5.82 Å². The third-order valence-electron chi connectivity index (χ3n) is 1.52. The molecule has 0 unspecified atom stereocenters. The van der Waals surface area contributed by atoms with Crippen LogP contribution in [0.4, 0.5) is 0 Å². The number of hydrogen-bond acceptors (Lipinski definition) is 5. The fourth-order valence-electron chi connectivity index (χ4n) is 0.885. The summed E-state index contributed by atoms with van der Waals surface area (Å²) in [6, 6.07) is 2.83. The summed E-state index contributed by atoms with van der Waals surface area (Å²) in [6.07, 6.45) is 1.46. The summed E-state index contributed by atoms with van der Waals surface area (Å²) in [5, 5.41) is 9.59. The summed E-state index contributed by atoms with van der Waals surface area (Å²) < 4.78 is 4.86. The second-order valence-corrected chi connectivity index (χ2v) is 2.47. The van der Waals surface area contributed by atoms with Gasteiger partial charge in [0.1, 0.15) is 5.69 Å². The van der Waals surface area contributed by atoms with E-state index in [1.807, 2.05) is 0 Å². The van der Waals surface area contributed by atoms with E-state index in [0.29, 0.717) is 11.5 Å². The molecule has 1 N–H and O–H groups in total. The zero-order valence-corrected chi connectivity index (χ0v) is 7.10. The minimum Gasteiger partial charge on any atom is -0.332 e. The SMILES string of the molecule is C=Cc1noc(-c2ccc(=O)[nH]n2)n1. The first kappa shape index (κ1) is 8.36. The van der Waals surface area contributed by atoms with E-state index < -0.39 is 0 Å². The summed E-state index contributed by atoms with van der Waals surface area (Å²) in [4.78, 5) is 14.7. The Labute approximate surface area is 78.3 Å². The maximum absolute atomic E-state index is 10.7. The molecule has 0 bridgehead atoms. The summed E-state index contributed by atoms with van der Waals surface area (Å²) in [6.45, 7) is 3.49. The van der Waals surface area contributed by atoms with E-state index in [1.165, 1.54) is 18.2 Å². The Hall–Kier alpha value is -2.24. The first-order valence-electron chi connectivity index (χ1n) is 3.82. The van der Waals surface area contributed by atoms with E-state index in [-0.39, 0.29) is 11.4 Å². The molecule has 0 aliphatic carbocycles. The molecule has 6 heteroatoms. The van der Waals surface area contributed by atoms with E-state index in [2.05, 4.69) is 26.9 Å². The highest BCUT2D eigenvalue weighted by Crippen LogP contribution is 2.11. The van der Waals surface area contributed by atoms with Crippen molar-refractivity contribution in [3.05, 3.63) is 34.9 Å². The summed E-state index contributed by atoms with van der Waals surface area (Å²) in [5.41, 5.74) is 0.141. The Bertz CT molecular complexity index is 494. The lowest BCUT2D eigenvalue weighted by Gasteiger charge is -1.88. The molecule has 0 spiro atoms. The van der Waals surface area contributed by atoms with Gasteiger partial charge in [-0.25, -0.2) is 5.10 Å². The van der Waals surface area contributed by atoms with Crippen LogP contribution in [0.2, 0.25) is 0 Å². The van der Waals surface area contributed by atoms with Gasteiger partial charge in [-0.2, -0.15) is 10.1 Å². The summed E-state index contributed by atoms with van der Waals surface area (Å²) in [5.74, 6) is 0.629. The van der Waals surface area contributed by atoms with Gasteiger partial charge in [0.05, 0.1) is 0 Å². The van der Waals surface area contributed by atoms with Gasteiger partial charge in [-0.3, -0.25) is 4.79 Å². The maximum atomic E-state index is 10.7. The lowest BCUT2D eigenvalue weighted by molar-refractivity contribution is 0.427. The van der Waals surface area contributed by atoms with Crippen molar-refractivity contribution in [2.75, 3.05) is 0 Å². The van der Waals surface area contributed by atoms with Gasteiger partial charge in [-0.15, -0.1) is 0 Å². The number of aromatic amines is 1. The highest BCUT2D eigenvalue weighted by atomic mass is 16.5. The monoisotopic (exact) mass is 190 g/mol. The Morgan fingerprint density at radius 3 is 2.93 bits per heavy atom. The highest BCUT2D eigenvalue weighted by molar-refractivity contribution is 5.47. The topological polar surface area (TPSA) is 84.7 Å². The predicted molar refractivity (Wildman–Crippen MR) is 48.2 cm³/mol. The molecule has 2 aromatic rings. The van der Waals surface area contributed by atoms with E-state index in [1.54, 1.807) is 0 Å². The van der Waals surface area contributed by atoms with Crippen LogP contribution in [-0.4, -0.2) is 20.3 Å². The third-order valence-corrected chi connectivity index (χ3v) is 1.52. The van der Waals surface area contributed by atoms with Crippen molar-refractivity contribution in [3.63, 3.8) is 0 Å². The normalized spacial score (nSPS) is 10.0. The molecule has 2 rings (SSSR count). The van der Waals surface area contributed by atoms with Gasteiger partial charge >= 0.3 is 0 Å². The van der Waals surface area contributed by atoms with Gasteiger partial charge in [-0.05, 0) is 12.1 Å². The number of nitrogens with zero attached hydrogens (tertiary/aromatic N) is 3. The minimum absolute atomic E-state index is 0.246. The molecule has 2 heterocycles. The average Bonchev–Trinajstić information content (AvgIpc) is 2.67. The molecule has 0 saturated heterocycles. The van der Waals surface area contributed by atoms with Crippen LogP contribution in [0.3, 0.4) is 0 Å². The lowest BCUT2D eigenvalue weighted by atomic mass is 10.4. The number of aromatic nitrogens is 4. The Kier molecular flexibility index (Phi) is 1.94. The molecule has 0 fully saturated rings. The standard InChI is InChI=1S/C8H6N4O2/c1-2-6-9-8(14-12-6)5-3-4-7(13)11-10-5/h2-4H,1H2,(H,11,13). The van der Waals surface area contributed by atoms with Gasteiger partial charge in [-0.1, -0.05) is 11.7 Å². The predicted octanol–water partition coefficient (Wildman–Crippen LogP) is 0.463. The van der Waals surface area contributed by atoms with E-state index >= 15 is 0 Å². The molecular formula is C8H6N4O2. The number of nitrogens with one attached hydrogen (secondary N) is 1. The summed E-state index contributed by atoms with van der Waals surface area (Å²) in [7, 11) is 0. The van der Waals surface area contributed by atoms with Crippen molar-refractivity contribution in [2.24, 2.45) is 0 Å². The van der Waals surface area contributed by atoms with Gasteiger partial charge in [0.2, 0.25) is 0 Å². The first-order chi connectivity index (χ1) is 6.79. The minimum atomic E-state index is -0.280. The van der Waals surface area contributed by atoms with Gasteiger partial charge in [0.15, 0.2) is 5.82 Å². The Morgan fingerprint density at radius 1 is 1.50 bits per heavy atom. The second-order valence-electron chi connectivity index (χ2n) is 2.47. The molecule has 0 aliphatic heterocycles. The van der Waals surface area contributed by atoms with Crippen molar-refractivity contribution in [2.45, 2.75) is 0 Å². The van der Waals surface area contributed by atoms with Crippen LogP contribution in [-0.2, 0) is 0 Å². The zero-order valence-electron chi connectivity index (χ0n) is 7.10. The van der Waals surface area contributed by atoms with Crippen LogP contribution < -0.4 is 5.56 Å². The third kappa shape index (κ3) is 1.45. The second kappa shape index (κ2) is 3.25. The molecular weight excluding hydrogens is 184 g/mol.